The minimum Gasteiger partial charge on any atom is -0.485 e. The van der Waals surface area contributed by atoms with E-state index in [9.17, 15) is 9.18 Å². The van der Waals surface area contributed by atoms with Gasteiger partial charge in [-0.15, -0.1) is 4.99 Å². The van der Waals surface area contributed by atoms with E-state index in [4.69, 9.17) is 20.9 Å². The maximum atomic E-state index is 14.6. The number of ether oxygens (including phenoxy) is 2. The van der Waals surface area contributed by atoms with Crippen LogP contribution in [0.5, 0.6) is 5.75 Å². The van der Waals surface area contributed by atoms with Gasteiger partial charge in [-0.25, -0.2) is 9.18 Å². The fourth-order valence-electron chi connectivity index (χ4n) is 2.52. The van der Waals surface area contributed by atoms with E-state index in [1.807, 2.05) is 11.0 Å². The number of nitrogens with zero attached hydrogens (tertiary/aromatic N) is 3. The van der Waals surface area contributed by atoms with E-state index in [0.29, 0.717) is 24.5 Å². The fourth-order valence-corrected chi connectivity index (χ4v) is 2.52. The summed E-state index contributed by atoms with van der Waals surface area (Å²) in [4.78, 5) is 20.4. The number of hydrogen-bond acceptors (Lipinski definition) is 5. The number of pyridine rings is 1. The second-order valence-electron chi connectivity index (χ2n) is 5.68. The number of amides is 1. The molecule has 1 aromatic heterocycles. The van der Waals surface area contributed by atoms with Gasteiger partial charge in [0.1, 0.15) is 18.5 Å². The van der Waals surface area contributed by atoms with Crippen molar-refractivity contribution in [2.75, 3.05) is 18.0 Å². The third-order valence-corrected chi connectivity index (χ3v) is 3.76. The van der Waals surface area contributed by atoms with Crippen LogP contribution in [-0.4, -0.2) is 36.2 Å². The molecule has 26 heavy (non-hydrogen) atoms. The lowest BCUT2D eigenvalue weighted by molar-refractivity contribution is 0.149. The van der Waals surface area contributed by atoms with E-state index in [-0.39, 0.29) is 18.3 Å². The summed E-state index contributed by atoms with van der Waals surface area (Å²) in [5, 5.41) is 0. The molecule has 1 aliphatic heterocycles. The largest absolute Gasteiger partial charge is 0.485 e. The Morgan fingerprint density at radius 3 is 2.81 bits per heavy atom. The third-order valence-electron chi connectivity index (χ3n) is 3.76. The molecule has 1 aliphatic rings. The standard InChI is InChI=1S/C17H18FN5O3/c18-15-11(10-25-17(24)22-16(19)20)3-1-5-14(15)23-8-13(9-23)26-12-4-2-6-21-7-12/h1-7,13H,8-10H2,(H4,19,20,22,24). The first-order chi connectivity index (χ1) is 12.5. The highest BCUT2D eigenvalue weighted by atomic mass is 19.1. The smallest absolute Gasteiger partial charge is 0.437 e. The Labute approximate surface area is 149 Å². The fraction of sp³-hybridized carbons (Fsp3) is 0.235. The molecule has 2 aromatic rings. The van der Waals surface area contributed by atoms with Crippen molar-refractivity contribution < 1.29 is 18.7 Å². The van der Waals surface area contributed by atoms with Crippen LogP contribution in [0.2, 0.25) is 0 Å². The molecule has 1 aromatic carbocycles. The van der Waals surface area contributed by atoms with Gasteiger partial charge in [0.2, 0.25) is 0 Å². The highest BCUT2D eigenvalue weighted by Gasteiger charge is 2.31. The molecule has 0 bridgehead atoms. The number of benzene rings is 1. The number of rotatable bonds is 5. The molecule has 0 aliphatic carbocycles. The van der Waals surface area contributed by atoms with E-state index in [1.165, 1.54) is 6.07 Å². The summed E-state index contributed by atoms with van der Waals surface area (Å²) in [6.07, 6.45) is 2.29. The van der Waals surface area contributed by atoms with Crippen LogP contribution in [0.1, 0.15) is 5.56 Å². The molecule has 8 nitrogen and oxygen atoms in total. The SMILES string of the molecule is NC(N)=NC(=O)OCc1cccc(N2CC(Oc3cccnc3)C2)c1F. The minimum absolute atomic E-state index is 0.0399. The zero-order valence-corrected chi connectivity index (χ0v) is 13.8. The first-order valence-electron chi connectivity index (χ1n) is 7.88. The number of guanidine groups is 1. The van der Waals surface area contributed by atoms with E-state index in [0.717, 1.165) is 0 Å². The molecule has 0 unspecified atom stereocenters. The molecule has 0 saturated carbocycles. The van der Waals surface area contributed by atoms with Crippen molar-refractivity contribution in [3.8, 4) is 5.75 Å². The van der Waals surface area contributed by atoms with Crippen molar-refractivity contribution >= 4 is 17.7 Å². The van der Waals surface area contributed by atoms with Gasteiger partial charge >= 0.3 is 6.09 Å². The first kappa shape index (κ1) is 17.5. The zero-order valence-electron chi connectivity index (χ0n) is 13.8. The van der Waals surface area contributed by atoms with E-state index in [2.05, 4.69) is 9.98 Å². The van der Waals surface area contributed by atoms with Gasteiger partial charge in [-0.1, -0.05) is 12.1 Å². The zero-order chi connectivity index (χ0) is 18.5. The number of nitrogens with two attached hydrogens (primary N) is 2. The summed E-state index contributed by atoms with van der Waals surface area (Å²) in [6, 6.07) is 8.50. The molecule has 136 valence electrons. The Hall–Kier alpha value is -3.36. The number of carbonyl (C=O) groups is 1. The van der Waals surface area contributed by atoms with Gasteiger partial charge in [-0.3, -0.25) is 4.98 Å². The summed E-state index contributed by atoms with van der Waals surface area (Å²) in [5.41, 5.74) is 10.8. The van der Waals surface area contributed by atoms with Gasteiger partial charge in [0.25, 0.3) is 0 Å². The molecule has 4 N–H and O–H groups in total. The number of anilines is 1. The maximum absolute atomic E-state index is 14.6. The van der Waals surface area contributed by atoms with Crippen molar-refractivity contribution in [3.05, 3.63) is 54.1 Å². The molecule has 0 atom stereocenters. The molecule has 1 saturated heterocycles. The van der Waals surface area contributed by atoms with Crippen LogP contribution < -0.4 is 21.1 Å². The highest BCUT2D eigenvalue weighted by molar-refractivity contribution is 5.87. The molecular weight excluding hydrogens is 341 g/mol. The summed E-state index contributed by atoms with van der Waals surface area (Å²) >= 11 is 0. The molecular formula is C17H18FN5O3. The molecule has 1 amide bonds. The number of halogens is 1. The topological polar surface area (TPSA) is 116 Å². The second kappa shape index (κ2) is 7.68. The Morgan fingerprint density at radius 2 is 2.12 bits per heavy atom. The van der Waals surface area contributed by atoms with Gasteiger partial charge in [0, 0.05) is 11.8 Å². The van der Waals surface area contributed by atoms with E-state index < -0.39 is 17.9 Å². The van der Waals surface area contributed by atoms with Gasteiger partial charge in [0.15, 0.2) is 11.8 Å². The van der Waals surface area contributed by atoms with Gasteiger partial charge in [-0.05, 0) is 18.2 Å². The van der Waals surface area contributed by atoms with E-state index >= 15 is 0 Å². The Bertz CT molecular complexity index is 805. The van der Waals surface area contributed by atoms with Crippen molar-refractivity contribution in [3.63, 3.8) is 0 Å². The molecule has 9 heteroatoms. The first-order valence-corrected chi connectivity index (χ1v) is 7.88. The van der Waals surface area contributed by atoms with E-state index in [1.54, 1.807) is 30.6 Å². The number of carbonyl (C=O) groups excluding carboxylic acids is 1. The monoisotopic (exact) mass is 359 g/mol. The van der Waals surface area contributed by atoms with Crippen LogP contribution >= 0.6 is 0 Å². The maximum Gasteiger partial charge on any atom is 0.437 e. The molecule has 3 rings (SSSR count). The predicted octanol–water partition coefficient (Wildman–Crippen LogP) is 1.40. The quantitative estimate of drug-likeness (QED) is 0.612. The van der Waals surface area contributed by atoms with Crippen molar-refractivity contribution in [1.29, 1.82) is 0 Å². The third kappa shape index (κ3) is 4.18. The number of aromatic nitrogens is 1. The summed E-state index contributed by atoms with van der Waals surface area (Å²) in [5.74, 6) is -0.188. The van der Waals surface area contributed by atoms with Crippen molar-refractivity contribution in [2.45, 2.75) is 12.7 Å². The predicted molar refractivity (Wildman–Crippen MR) is 93.3 cm³/mol. The molecule has 0 radical (unpaired) electrons. The summed E-state index contributed by atoms with van der Waals surface area (Å²) in [7, 11) is 0. The molecule has 0 spiro atoms. The summed E-state index contributed by atoms with van der Waals surface area (Å²) < 4.78 is 25.2. The average molecular weight is 359 g/mol. The Balaban J connectivity index is 1.58. The lowest BCUT2D eigenvalue weighted by atomic mass is 10.1. The molecule has 1 fully saturated rings. The Morgan fingerprint density at radius 1 is 1.31 bits per heavy atom. The van der Waals surface area contributed by atoms with Crippen molar-refractivity contribution in [1.82, 2.24) is 4.98 Å². The normalized spacial score (nSPS) is 13.7. The minimum atomic E-state index is -0.969. The van der Waals surface area contributed by atoms with Gasteiger partial charge < -0.3 is 25.8 Å². The average Bonchev–Trinajstić information content (AvgIpc) is 2.58. The number of hydrogen-bond donors (Lipinski definition) is 2. The van der Waals surface area contributed by atoms with Crippen LogP contribution in [0.25, 0.3) is 0 Å². The van der Waals surface area contributed by atoms with Gasteiger partial charge in [0.05, 0.1) is 25.0 Å². The van der Waals surface area contributed by atoms with Crippen LogP contribution in [0, 0.1) is 5.82 Å². The van der Waals surface area contributed by atoms with Crippen LogP contribution in [0.15, 0.2) is 47.7 Å². The van der Waals surface area contributed by atoms with Crippen LogP contribution in [0.3, 0.4) is 0 Å². The Kier molecular flexibility index (Phi) is 5.16. The molecule has 2 heterocycles. The lowest BCUT2D eigenvalue weighted by Gasteiger charge is -2.40. The van der Waals surface area contributed by atoms with Crippen molar-refractivity contribution in [2.24, 2.45) is 16.5 Å². The highest BCUT2D eigenvalue weighted by Crippen LogP contribution is 2.28. The van der Waals surface area contributed by atoms with Crippen LogP contribution in [0.4, 0.5) is 14.9 Å². The van der Waals surface area contributed by atoms with Gasteiger partial charge in [-0.2, -0.15) is 0 Å². The summed E-state index contributed by atoms with van der Waals surface area (Å²) in [6.45, 7) is 0.824. The second-order valence-corrected chi connectivity index (χ2v) is 5.68. The lowest BCUT2D eigenvalue weighted by Crippen LogP contribution is -2.54. The van der Waals surface area contributed by atoms with Crippen LogP contribution in [-0.2, 0) is 11.3 Å². The number of aliphatic imine (C=N–C) groups is 1.